The third kappa shape index (κ3) is 4.89. The monoisotopic (exact) mass is 432 g/mol. The predicted octanol–water partition coefficient (Wildman–Crippen LogP) is 5.02. The van der Waals surface area contributed by atoms with Crippen molar-refractivity contribution in [2.45, 2.75) is 18.2 Å². The van der Waals surface area contributed by atoms with E-state index >= 15 is 0 Å². The Morgan fingerprint density at radius 3 is 2.50 bits per heavy atom. The summed E-state index contributed by atoms with van der Waals surface area (Å²) in [5, 5.41) is 0.951. The minimum absolute atomic E-state index is 0.405. The van der Waals surface area contributed by atoms with Gasteiger partial charge < -0.3 is 14.7 Å². The van der Waals surface area contributed by atoms with Gasteiger partial charge in [0.05, 0.1) is 0 Å². The minimum Gasteiger partial charge on any atom is -0.371 e. The Hall–Kier alpha value is -0.880. The number of fused-ring (bicyclic) bond motifs is 1. The lowest BCUT2D eigenvalue weighted by molar-refractivity contribution is 0.374. The summed E-state index contributed by atoms with van der Waals surface area (Å²) >= 11 is 13.3. The zero-order valence-corrected chi connectivity index (χ0v) is 17.3. The van der Waals surface area contributed by atoms with E-state index in [2.05, 4.69) is 11.8 Å². The van der Waals surface area contributed by atoms with Gasteiger partial charge >= 0.3 is 7.60 Å². The van der Waals surface area contributed by atoms with Crippen molar-refractivity contribution in [2.24, 2.45) is 0 Å². The molecule has 0 saturated carbocycles. The van der Waals surface area contributed by atoms with Crippen molar-refractivity contribution in [3.63, 3.8) is 0 Å². The van der Waals surface area contributed by atoms with Gasteiger partial charge in [-0.1, -0.05) is 23.2 Å². The molecular weight excluding hydrogens is 414 g/mol. The Balaban J connectivity index is 1.93. The Labute approximate surface area is 167 Å². The standard InChI is InChI=1S/C17H19Cl2N2O3PS/c1-2-20-6-5-12-7-15(3-4-17(12)20)21(11-25(22,23)24)26-16-9-13(18)8-14(19)10-16/h3-4,7-10H,2,5-6,11H2,1H3,(H2,22,23,24). The maximum Gasteiger partial charge on any atom is 0.345 e. The molecule has 1 heterocycles. The van der Waals surface area contributed by atoms with Crippen LogP contribution < -0.4 is 9.21 Å². The van der Waals surface area contributed by atoms with Crippen molar-refractivity contribution in [3.8, 4) is 0 Å². The highest BCUT2D eigenvalue weighted by Crippen LogP contribution is 2.43. The maximum atomic E-state index is 11.7. The molecule has 0 amide bonds. The summed E-state index contributed by atoms with van der Waals surface area (Å²) in [6.45, 7) is 4.01. The van der Waals surface area contributed by atoms with E-state index in [4.69, 9.17) is 23.2 Å². The molecular formula is C17H19Cl2N2O3PS. The molecule has 5 nitrogen and oxygen atoms in total. The molecule has 26 heavy (non-hydrogen) atoms. The molecule has 0 saturated heterocycles. The SMILES string of the molecule is CCN1CCc2cc(N(CP(=O)(O)O)Sc3cc(Cl)cc(Cl)c3)ccc21. The van der Waals surface area contributed by atoms with Crippen LogP contribution in [0.4, 0.5) is 11.4 Å². The minimum atomic E-state index is -4.26. The molecule has 1 aliphatic rings. The van der Waals surface area contributed by atoms with Crippen LogP contribution in [0.3, 0.4) is 0 Å². The van der Waals surface area contributed by atoms with Crippen molar-refractivity contribution in [1.82, 2.24) is 0 Å². The molecule has 2 N–H and O–H groups in total. The Morgan fingerprint density at radius 2 is 1.88 bits per heavy atom. The van der Waals surface area contributed by atoms with Crippen LogP contribution >= 0.6 is 42.7 Å². The van der Waals surface area contributed by atoms with E-state index in [0.717, 1.165) is 25.2 Å². The number of hydrogen-bond donors (Lipinski definition) is 2. The summed E-state index contributed by atoms with van der Waals surface area (Å²) in [5.41, 5.74) is 3.11. The molecule has 0 aromatic heterocycles. The number of hydrogen-bond acceptors (Lipinski definition) is 4. The van der Waals surface area contributed by atoms with E-state index < -0.39 is 13.9 Å². The fourth-order valence-corrected chi connectivity index (χ4v) is 5.65. The first-order valence-electron chi connectivity index (χ1n) is 8.09. The fourth-order valence-electron chi connectivity index (χ4n) is 2.98. The summed E-state index contributed by atoms with van der Waals surface area (Å²) < 4.78 is 13.2. The molecule has 140 valence electrons. The van der Waals surface area contributed by atoms with Gasteiger partial charge in [0, 0.05) is 39.4 Å². The quantitative estimate of drug-likeness (QED) is 0.493. The van der Waals surface area contributed by atoms with Crippen molar-refractivity contribution < 1.29 is 14.4 Å². The number of benzene rings is 2. The number of rotatable bonds is 6. The first-order valence-corrected chi connectivity index (χ1v) is 11.4. The summed E-state index contributed by atoms with van der Waals surface area (Å²) in [4.78, 5) is 22.0. The molecule has 0 fully saturated rings. The molecule has 0 atom stereocenters. The highest BCUT2D eigenvalue weighted by molar-refractivity contribution is 8.01. The third-order valence-corrected chi connectivity index (χ3v) is 6.37. The number of nitrogens with zero attached hydrogens (tertiary/aromatic N) is 2. The highest BCUT2D eigenvalue weighted by Gasteiger charge is 2.24. The van der Waals surface area contributed by atoms with E-state index in [1.165, 1.54) is 23.2 Å². The molecule has 9 heteroatoms. The fraction of sp³-hybridized carbons (Fsp3) is 0.294. The highest BCUT2D eigenvalue weighted by atomic mass is 35.5. The lowest BCUT2D eigenvalue weighted by Gasteiger charge is -2.25. The first kappa shape index (κ1) is 19.9. The summed E-state index contributed by atoms with van der Waals surface area (Å²) in [6.07, 6.45) is 0.520. The maximum absolute atomic E-state index is 11.7. The second-order valence-corrected chi connectivity index (χ2v) is 9.60. The molecule has 0 unspecified atom stereocenters. The largest absolute Gasteiger partial charge is 0.371 e. The zero-order valence-electron chi connectivity index (χ0n) is 14.1. The second-order valence-electron chi connectivity index (χ2n) is 6.02. The van der Waals surface area contributed by atoms with Crippen LogP contribution in [0.5, 0.6) is 0 Å². The van der Waals surface area contributed by atoms with Gasteiger partial charge in [-0.3, -0.25) is 8.87 Å². The van der Waals surface area contributed by atoms with E-state index in [1.54, 1.807) is 22.5 Å². The molecule has 0 bridgehead atoms. The van der Waals surface area contributed by atoms with Crippen LogP contribution in [0.25, 0.3) is 0 Å². The summed E-state index contributed by atoms with van der Waals surface area (Å²) in [6, 6.07) is 11.0. The van der Waals surface area contributed by atoms with E-state index in [9.17, 15) is 14.4 Å². The van der Waals surface area contributed by atoms with Crippen molar-refractivity contribution >= 4 is 54.1 Å². The van der Waals surface area contributed by atoms with Gasteiger partial charge in [0.1, 0.15) is 6.29 Å². The van der Waals surface area contributed by atoms with Gasteiger partial charge in [0.15, 0.2) is 0 Å². The molecule has 2 aromatic carbocycles. The first-order chi connectivity index (χ1) is 12.2. The van der Waals surface area contributed by atoms with E-state index in [-0.39, 0.29) is 0 Å². The topological polar surface area (TPSA) is 64.0 Å². The van der Waals surface area contributed by atoms with Crippen LogP contribution in [-0.4, -0.2) is 29.2 Å². The van der Waals surface area contributed by atoms with Crippen LogP contribution in [-0.2, 0) is 11.0 Å². The van der Waals surface area contributed by atoms with Gasteiger partial charge in [-0.2, -0.15) is 0 Å². The van der Waals surface area contributed by atoms with Crippen molar-refractivity contribution in [3.05, 3.63) is 52.0 Å². The van der Waals surface area contributed by atoms with E-state index in [0.29, 0.717) is 14.9 Å². The lowest BCUT2D eigenvalue weighted by Crippen LogP contribution is -2.19. The average molecular weight is 433 g/mol. The van der Waals surface area contributed by atoms with Crippen LogP contribution in [0, 0.1) is 0 Å². The Morgan fingerprint density at radius 1 is 1.19 bits per heavy atom. The number of halogens is 2. The van der Waals surface area contributed by atoms with Crippen LogP contribution in [0.15, 0.2) is 41.3 Å². The summed E-state index contributed by atoms with van der Waals surface area (Å²) in [7, 11) is -4.26. The van der Waals surface area contributed by atoms with E-state index in [1.807, 2.05) is 18.2 Å². The predicted molar refractivity (Wildman–Crippen MR) is 110 cm³/mol. The van der Waals surface area contributed by atoms with Gasteiger partial charge in [-0.15, -0.1) is 0 Å². The molecule has 0 aliphatic carbocycles. The molecule has 0 spiro atoms. The Kier molecular flexibility index (Phi) is 6.12. The second kappa shape index (κ2) is 8.01. The molecule has 0 radical (unpaired) electrons. The van der Waals surface area contributed by atoms with Crippen LogP contribution in [0.2, 0.25) is 10.0 Å². The Bertz CT molecular complexity index is 842. The average Bonchev–Trinajstić information content (AvgIpc) is 2.94. The van der Waals surface area contributed by atoms with Crippen LogP contribution in [0.1, 0.15) is 12.5 Å². The molecule has 2 aromatic rings. The van der Waals surface area contributed by atoms with Crippen molar-refractivity contribution in [1.29, 1.82) is 0 Å². The van der Waals surface area contributed by atoms with Gasteiger partial charge in [0.2, 0.25) is 0 Å². The van der Waals surface area contributed by atoms with Gasteiger partial charge in [0.25, 0.3) is 0 Å². The smallest absolute Gasteiger partial charge is 0.345 e. The van der Waals surface area contributed by atoms with Gasteiger partial charge in [-0.25, -0.2) is 0 Å². The number of anilines is 2. The van der Waals surface area contributed by atoms with Crippen molar-refractivity contribution in [2.75, 3.05) is 28.6 Å². The zero-order chi connectivity index (χ0) is 18.9. The number of likely N-dealkylation sites (N-methyl/N-ethyl adjacent to an activating group) is 1. The molecule has 1 aliphatic heterocycles. The molecule has 3 rings (SSSR count). The van der Waals surface area contributed by atoms with Gasteiger partial charge in [-0.05, 0) is 67.3 Å². The summed E-state index contributed by atoms with van der Waals surface area (Å²) in [5.74, 6) is 0. The normalized spacial score (nSPS) is 13.8. The lowest BCUT2D eigenvalue weighted by atomic mass is 10.1. The third-order valence-electron chi connectivity index (χ3n) is 4.09.